The Morgan fingerprint density at radius 2 is 2.40 bits per heavy atom. The fourth-order valence-electron chi connectivity index (χ4n) is 2.36. The topological polar surface area (TPSA) is 88.2 Å². The normalized spacial score (nSPS) is 18.2. The fraction of sp³-hybridized carbons (Fsp3) is 0.500. The number of nitrogens with one attached hydrogen (secondary N) is 1. The van der Waals surface area contributed by atoms with E-state index >= 15 is 0 Å². The molecular formula is C14H17N3O3. The van der Waals surface area contributed by atoms with Crippen molar-refractivity contribution in [3.63, 3.8) is 0 Å². The van der Waals surface area contributed by atoms with E-state index in [1.54, 1.807) is 12.1 Å². The van der Waals surface area contributed by atoms with E-state index in [2.05, 4.69) is 5.32 Å². The largest absolute Gasteiger partial charge is 0.493 e. The van der Waals surface area contributed by atoms with Crippen LogP contribution in [0.4, 0.5) is 5.69 Å². The molecule has 6 heteroatoms. The Kier molecular flexibility index (Phi) is 4.91. The lowest BCUT2D eigenvalue weighted by Gasteiger charge is -2.22. The Bertz CT molecular complexity index is 519. The van der Waals surface area contributed by atoms with Crippen molar-refractivity contribution in [1.82, 2.24) is 5.32 Å². The van der Waals surface area contributed by atoms with E-state index in [-0.39, 0.29) is 11.3 Å². The van der Waals surface area contributed by atoms with Gasteiger partial charge in [-0.1, -0.05) is 0 Å². The Hall–Kier alpha value is -2.13. The van der Waals surface area contributed by atoms with Crippen LogP contribution in [0.5, 0.6) is 5.75 Å². The molecule has 106 valence electrons. The summed E-state index contributed by atoms with van der Waals surface area (Å²) >= 11 is 0. The summed E-state index contributed by atoms with van der Waals surface area (Å²) in [6.07, 6.45) is 3.32. The van der Waals surface area contributed by atoms with Crippen LogP contribution in [-0.4, -0.2) is 24.6 Å². The predicted molar refractivity (Wildman–Crippen MR) is 73.5 cm³/mol. The predicted octanol–water partition coefficient (Wildman–Crippen LogP) is 2.23. The van der Waals surface area contributed by atoms with Crippen LogP contribution >= 0.6 is 0 Å². The SMILES string of the molecule is N#Cc1ccc(OCCC2CCCNC2)cc1[N+](=O)[O-]. The molecule has 0 aromatic heterocycles. The molecule has 0 spiro atoms. The van der Waals surface area contributed by atoms with Crippen LogP contribution in [0.15, 0.2) is 18.2 Å². The van der Waals surface area contributed by atoms with Gasteiger partial charge in [-0.05, 0) is 50.4 Å². The average molecular weight is 275 g/mol. The summed E-state index contributed by atoms with van der Waals surface area (Å²) in [6, 6.07) is 6.15. The van der Waals surface area contributed by atoms with Gasteiger partial charge in [0.05, 0.1) is 17.6 Å². The fourth-order valence-corrected chi connectivity index (χ4v) is 2.36. The number of nitriles is 1. The van der Waals surface area contributed by atoms with Gasteiger partial charge in [-0.15, -0.1) is 0 Å². The third-order valence-electron chi connectivity index (χ3n) is 3.48. The maximum absolute atomic E-state index is 10.8. The Morgan fingerprint density at radius 1 is 1.55 bits per heavy atom. The Labute approximate surface area is 117 Å². The second-order valence-corrected chi connectivity index (χ2v) is 4.90. The third-order valence-corrected chi connectivity index (χ3v) is 3.48. The number of hydrogen-bond acceptors (Lipinski definition) is 5. The molecule has 0 saturated carbocycles. The number of ether oxygens (including phenoxy) is 1. The van der Waals surface area contributed by atoms with Crippen LogP contribution in [-0.2, 0) is 0 Å². The minimum atomic E-state index is -0.559. The van der Waals surface area contributed by atoms with Gasteiger partial charge in [-0.3, -0.25) is 10.1 Å². The van der Waals surface area contributed by atoms with Crippen LogP contribution < -0.4 is 10.1 Å². The van der Waals surface area contributed by atoms with E-state index in [0.717, 1.165) is 19.5 Å². The highest BCUT2D eigenvalue weighted by Gasteiger charge is 2.16. The van der Waals surface area contributed by atoms with E-state index in [1.807, 2.05) is 0 Å². The molecule has 2 rings (SSSR count). The zero-order chi connectivity index (χ0) is 14.4. The van der Waals surface area contributed by atoms with Crippen molar-refractivity contribution in [3.8, 4) is 11.8 Å². The van der Waals surface area contributed by atoms with Gasteiger partial charge in [0.2, 0.25) is 0 Å². The zero-order valence-corrected chi connectivity index (χ0v) is 11.2. The monoisotopic (exact) mass is 275 g/mol. The smallest absolute Gasteiger partial charge is 0.290 e. The van der Waals surface area contributed by atoms with Crippen molar-refractivity contribution in [3.05, 3.63) is 33.9 Å². The summed E-state index contributed by atoms with van der Waals surface area (Å²) in [7, 11) is 0. The number of piperidine rings is 1. The van der Waals surface area contributed by atoms with Gasteiger partial charge >= 0.3 is 0 Å². The molecule has 1 N–H and O–H groups in total. The first-order valence-corrected chi connectivity index (χ1v) is 6.73. The molecular weight excluding hydrogens is 258 g/mol. The van der Waals surface area contributed by atoms with Crippen LogP contribution in [0.3, 0.4) is 0 Å². The van der Waals surface area contributed by atoms with E-state index in [9.17, 15) is 10.1 Å². The van der Waals surface area contributed by atoms with Crippen LogP contribution in [0, 0.1) is 27.4 Å². The van der Waals surface area contributed by atoms with Gasteiger partial charge in [-0.25, -0.2) is 0 Å². The molecule has 1 aromatic rings. The minimum absolute atomic E-state index is 0.0545. The average Bonchev–Trinajstić information content (AvgIpc) is 2.48. The molecule has 1 fully saturated rings. The lowest BCUT2D eigenvalue weighted by molar-refractivity contribution is -0.385. The minimum Gasteiger partial charge on any atom is -0.493 e. The molecule has 0 amide bonds. The van der Waals surface area contributed by atoms with Crippen molar-refractivity contribution in [2.24, 2.45) is 5.92 Å². The molecule has 0 radical (unpaired) electrons. The lowest BCUT2D eigenvalue weighted by Crippen LogP contribution is -2.30. The number of nitro groups is 1. The summed E-state index contributed by atoms with van der Waals surface area (Å²) in [5.41, 5.74) is -0.150. The van der Waals surface area contributed by atoms with Crippen LogP contribution in [0.1, 0.15) is 24.8 Å². The molecule has 1 aromatic carbocycles. The van der Waals surface area contributed by atoms with Crippen molar-refractivity contribution in [1.29, 1.82) is 5.26 Å². The van der Waals surface area contributed by atoms with E-state index in [4.69, 9.17) is 10.00 Å². The summed E-state index contributed by atoms with van der Waals surface area (Å²) in [6.45, 7) is 2.63. The molecule has 1 atom stereocenters. The first kappa shape index (κ1) is 14.3. The molecule has 1 unspecified atom stereocenters. The Balaban J connectivity index is 1.91. The first-order valence-electron chi connectivity index (χ1n) is 6.73. The van der Waals surface area contributed by atoms with Crippen molar-refractivity contribution in [2.45, 2.75) is 19.3 Å². The second-order valence-electron chi connectivity index (χ2n) is 4.90. The summed E-state index contributed by atoms with van der Waals surface area (Å²) < 4.78 is 5.56. The molecule has 20 heavy (non-hydrogen) atoms. The van der Waals surface area contributed by atoms with Crippen molar-refractivity contribution >= 4 is 5.69 Å². The van der Waals surface area contributed by atoms with Gasteiger partial charge in [0.25, 0.3) is 5.69 Å². The highest BCUT2D eigenvalue weighted by Crippen LogP contribution is 2.24. The standard InChI is InChI=1S/C14H17N3O3/c15-9-12-3-4-13(8-14(12)17(18)19)20-7-5-11-2-1-6-16-10-11/h3-4,8,11,16H,1-2,5-7,10H2. The molecule has 0 bridgehead atoms. The van der Waals surface area contributed by atoms with Crippen molar-refractivity contribution < 1.29 is 9.66 Å². The highest BCUT2D eigenvalue weighted by atomic mass is 16.6. The first-order chi connectivity index (χ1) is 9.70. The maximum Gasteiger partial charge on any atom is 0.290 e. The van der Waals surface area contributed by atoms with Gasteiger partial charge in [-0.2, -0.15) is 5.26 Å². The summed E-state index contributed by atoms with van der Waals surface area (Å²) in [5.74, 6) is 1.05. The zero-order valence-electron chi connectivity index (χ0n) is 11.2. The summed E-state index contributed by atoms with van der Waals surface area (Å²) in [5, 5.41) is 23.0. The van der Waals surface area contributed by atoms with E-state index in [1.165, 1.54) is 25.0 Å². The molecule has 1 aliphatic heterocycles. The molecule has 1 saturated heterocycles. The molecule has 0 aliphatic carbocycles. The van der Waals surface area contributed by atoms with Crippen LogP contribution in [0.25, 0.3) is 0 Å². The van der Waals surface area contributed by atoms with Gasteiger partial charge in [0.15, 0.2) is 0 Å². The number of benzene rings is 1. The van der Waals surface area contributed by atoms with Gasteiger partial charge in [0.1, 0.15) is 17.4 Å². The second kappa shape index (κ2) is 6.87. The third kappa shape index (κ3) is 3.68. The van der Waals surface area contributed by atoms with Crippen molar-refractivity contribution in [2.75, 3.05) is 19.7 Å². The highest BCUT2D eigenvalue weighted by molar-refractivity contribution is 5.52. The van der Waals surface area contributed by atoms with Gasteiger partial charge in [0, 0.05) is 0 Å². The number of nitrogens with zero attached hydrogens (tertiary/aromatic N) is 2. The van der Waals surface area contributed by atoms with E-state index < -0.39 is 4.92 Å². The van der Waals surface area contributed by atoms with Crippen LogP contribution in [0.2, 0.25) is 0 Å². The van der Waals surface area contributed by atoms with E-state index in [0.29, 0.717) is 18.3 Å². The maximum atomic E-state index is 10.8. The Morgan fingerprint density at radius 3 is 3.05 bits per heavy atom. The summed E-state index contributed by atoms with van der Waals surface area (Å²) in [4.78, 5) is 10.3. The molecule has 6 nitrogen and oxygen atoms in total. The quantitative estimate of drug-likeness (QED) is 0.657. The van der Waals surface area contributed by atoms with Gasteiger partial charge < -0.3 is 10.1 Å². The number of rotatable bonds is 5. The number of hydrogen-bond donors (Lipinski definition) is 1. The number of nitro benzene ring substituents is 1. The lowest BCUT2D eigenvalue weighted by atomic mass is 9.97. The molecule has 1 heterocycles. The molecule has 1 aliphatic rings.